The van der Waals surface area contributed by atoms with E-state index in [0.29, 0.717) is 33.7 Å². The lowest BCUT2D eigenvalue weighted by Gasteiger charge is -2.36. The highest BCUT2D eigenvalue weighted by Gasteiger charge is 2.24. The van der Waals surface area contributed by atoms with Crippen LogP contribution in [0.4, 0.5) is 15.8 Å². The molecule has 0 amide bonds. The first-order valence-electron chi connectivity index (χ1n) is 10.4. The maximum absolute atomic E-state index is 15.0. The maximum atomic E-state index is 15.0. The molecular formula is C23H25FN6O. The number of para-hydroxylation sites is 1. The number of fused-ring (bicyclic) bond motifs is 2. The van der Waals surface area contributed by atoms with Crippen LogP contribution in [0.15, 0.2) is 41.2 Å². The van der Waals surface area contributed by atoms with E-state index in [9.17, 15) is 9.18 Å². The van der Waals surface area contributed by atoms with Crippen LogP contribution in [-0.2, 0) is 0 Å². The van der Waals surface area contributed by atoms with Crippen molar-refractivity contribution in [1.82, 2.24) is 19.9 Å². The van der Waals surface area contributed by atoms with Crippen LogP contribution >= 0.6 is 0 Å². The second-order valence-corrected chi connectivity index (χ2v) is 8.34. The molecule has 1 aliphatic heterocycles. The summed E-state index contributed by atoms with van der Waals surface area (Å²) >= 11 is 0. The van der Waals surface area contributed by atoms with Gasteiger partial charge in [0, 0.05) is 24.5 Å². The number of piperidine rings is 1. The van der Waals surface area contributed by atoms with Crippen molar-refractivity contribution in [3.8, 4) is 11.4 Å². The molecular weight excluding hydrogens is 395 g/mol. The summed E-state index contributed by atoms with van der Waals surface area (Å²) in [5, 5.41) is 0.742. The highest BCUT2D eigenvalue weighted by Crippen LogP contribution is 2.31. The van der Waals surface area contributed by atoms with Crippen molar-refractivity contribution in [2.45, 2.75) is 18.9 Å². The number of nitrogen functional groups attached to an aromatic ring is 1. The Labute approximate surface area is 178 Å². The van der Waals surface area contributed by atoms with Gasteiger partial charge in [-0.25, -0.2) is 9.37 Å². The van der Waals surface area contributed by atoms with E-state index in [4.69, 9.17) is 5.73 Å². The van der Waals surface area contributed by atoms with E-state index in [2.05, 4.69) is 26.9 Å². The molecule has 2 aromatic heterocycles. The number of nitrogens with two attached hydrogens (primary N) is 1. The highest BCUT2D eigenvalue weighted by atomic mass is 19.1. The second-order valence-electron chi connectivity index (χ2n) is 8.34. The lowest BCUT2D eigenvalue weighted by Crippen LogP contribution is -2.42. The lowest BCUT2D eigenvalue weighted by molar-refractivity contribution is 0.252. The Morgan fingerprint density at radius 2 is 1.90 bits per heavy atom. The summed E-state index contributed by atoms with van der Waals surface area (Å²) in [5.74, 6) is 0.0162. The number of aromatic nitrogens is 3. The molecule has 0 radical (unpaired) electrons. The molecule has 4 N–H and O–H groups in total. The van der Waals surface area contributed by atoms with Gasteiger partial charge in [-0.1, -0.05) is 18.2 Å². The summed E-state index contributed by atoms with van der Waals surface area (Å²) < 4.78 is 15.0. The first kappa shape index (κ1) is 19.6. The topological polar surface area (TPSA) is 94.0 Å². The number of rotatable bonds is 3. The summed E-state index contributed by atoms with van der Waals surface area (Å²) in [6.45, 7) is 1.99. The van der Waals surface area contributed by atoms with Crippen molar-refractivity contribution in [2.75, 3.05) is 37.8 Å². The molecule has 5 rings (SSSR count). The predicted molar refractivity (Wildman–Crippen MR) is 123 cm³/mol. The Balaban J connectivity index is 1.57. The molecule has 31 heavy (non-hydrogen) atoms. The van der Waals surface area contributed by atoms with Crippen LogP contribution < -0.4 is 16.2 Å². The van der Waals surface area contributed by atoms with Crippen molar-refractivity contribution >= 4 is 33.3 Å². The predicted octanol–water partition coefficient (Wildman–Crippen LogP) is 3.32. The number of nitrogens with one attached hydrogen (secondary N) is 2. The van der Waals surface area contributed by atoms with Gasteiger partial charge in [0.15, 0.2) is 0 Å². The minimum absolute atomic E-state index is 0.264. The third-order valence-electron chi connectivity index (χ3n) is 6.36. The number of imidazole rings is 1. The summed E-state index contributed by atoms with van der Waals surface area (Å²) in [6.07, 6.45) is 1.97. The Kier molecular flexibility index (Phi) is 4.66. The van der Waals surface area contributed by atoms with Crippen molar-refractivity contribution in [3.05, 3.63) is 52.6 Å². The monoisotopic (exact) mass is 420 g/mol. The summed E-state index contributed by atoms with van der Waals surface area (Å²) in [5.41, 5.74) is 8.91. The minimum Gasteiger partial charge on any atom is -0.397 e. The molecule has 0 spiro atoms. The molecule has 160 valence electrons. The molecule has 0 saturated carbocycles. The average Bonchev–Trinajstić information content (AvgIpc) is 3.15. The standard InChI is InChI=1S/C23H25FN6O/c1-29-9-7-13(8-10-29)30(2)19-12-18-17(11-15(19)24)26-22(27-18)20-21(25)14-5-3-4-6-16(14)28-23(20)31/h3-6,11-13H,7-10H2,1-2H3,(H,26,27)(H3,25,28,31). The first-order chi connectivity index (χ1) is 14.9. The number of pyridine rings is 1. The Morgan fingerprint density at radius 3 is 2.68 bits per heavy atom. The number of benzene rings is 2. The second kappa shape index (κ2) is 7.39. The smallest absolute Gasteiger partial charge is 0.261 e. The molecule has 3 heterocycles. The van der Waals surface area contributed by atoms with Crippen LogP contribution in [0, 0.1) is 5.82 Å². The quantitative estimate of drug-likeness (QED) is 0.473. The van der Waals surface area contributed by atoms with Crippen LogP contribution in [0.1, 0.15) is 12.8 Å². The fraction of sp³-hybridized carbons (Fsp3) is 0.304. The zero-order valence-electron chi connectivity index (χ0n) is 17.6. The zero-order chi connectivity index (χ0) is 21.7. The van der Waals surface area contributed by atoms with E-state index in [1.807, 2.05) is 30.1 Å². The van der Waals surface area contributed by atoms with E-state index >= 15 is 0 Å². The van der Waals surface area contributed by atoms with Gasteiger partial charge in [0.1, 0.15) is 17.2 Å². The molecule has 0 unspecified atom stereocenters. The fourth-order valence-electron chi connectivity index (χ4n) is 4.49. The van der Waals surface area contributed by atoms with Gasteiger partial charge in [0.25, 0.3) is 5.56 Å². The van der Waals surface area contributed by atoms with Gasteiger partial charge < -0.3 is 25.5 Å². The van der Waals surface area contributed by atoms with Crippen LogP contribution in [-0.4, -0.2) is 53.1 Å². The third kappa shape index (κ3) is 3.33. The molecule has 0 atom stereocenters. The first-order valence-corrected chi connectivity index (χ1v) is 10.4. The molecule has 2 aromatic carbocycles. The number of aromatic amines is 2. The van der Waals surface area contributed by atoms with Gasteiger partial charge in [-0.3, -0.25) is 4.79 Å². The lowest BCUT2D eigenvalue weighted by atomic mass is 10.0. The summed E-state index contributed by atoms with van der Waals surface area (Å²) in [6, 6.07) is 10.8. The van der Waals surface area contributed by atoms with Crippen LogP contribution in [0.2, 0.25) is 0 Å². The van der Waals surface area contributed by atoms with Crippen molar-refractivity contribution < 1.29 is 4.39 Å². The number of halogens is 1. The van der Waals surface area contributed by atoms with E-state index in [-0.39, 0.29) is 23.0 Å². The number of hydrogen-bond donors (Lipinski definition) is 3. The number of nitrogens with zero attached hydrogens (tertiary/aromatic N) is 3. The van der Waals surface area contributed by atoms with Gasteiger partial charge in [-0.15, -0.1) is 0 Å². The number of H-pyrrole nitrogens is 2. The van der Waals surface area contributed by atoms with Gasteiger partial charge in [-0.2, -0.15) is 0 Å². The Bertz CT molecular complexity index is 1340. The third-order valence-corrected chi connectivity index (χ3v) is 6.36. The number of anilines is 2. The van der Waals surface area contributed by atoms with Gasteiger partial charge in [0.05, 0.1) is 27.9 Å². The number of hydrogen-bond acceptors (Lipinski definition) is 5. The molecule has 1 fully saturated rings. The molecule has 7 nitrogen and oxygen atoms in total. The molecule has 1 saturated heterocycles. The van der Waals surface area contributed by atoms with E-state index in [1.54, 1.807) is 12.1 Å². The fourth-order valence-corrected chi connectivity index (χ4v) is 4.49. The Morgan fingerprint density at radius 1 is 1.16 bits per heavy atom. The van der Waals surface area contributed by atoms with Crippen molar-refractivity contribution in [1.29, 1.82) is 0 Å². The number of likely N-dealkylation sites (tertiary alicyclic amines) is 1. The molecule has 0 aliphatic carbocycles. The van der Waals surface area contributed by atoms with E-state index < -0.39 is 0 Å². The largest absolute Gasteiger partial charge is 0.397 e. The molecule has 8 heteroatoms. The van der Waals surface area contributed by atoms with Gasteiger partial charge in [0.2, 0.25) is 0 Å². The van der Waals surface area contributed by atoms with Crippen molar-refractivity contribution in [3.63, 3.8) is 0 Å². The molecule has 4 aromatic rings. The van der Waals surface area contributed by atoms with Crippen LogP contribution in [0.5, 0.6) is 0 Å². The Hall–Kier alpha value is -3.39. The average molecular weight is 420 g/mol. The van der Waals surface area contributed by atoms with Gasteiger partial charge >= 0.3 is 0 Å². The summed E-state index contributed by atoms with van der Waals surface area (Å²) in [4.78, 5) is 27.5. The van der Waals surface area contributed by atoms with Crippen LogP contribution in [0.25, 0.3) is 33.3 Å². The van der Waals surface area contributed by atoms with Crippen molar-refractivity contribution in [2.24, 2.45) is 0 Å². The minimum atomic E-state index is -0.334. The maximum Gasteiger partial charge on any atom is 0.261 e. The highest BCUT2D eigenvalue weighted by molar-refractivity contribution is 5.97. The zero-order valence-corrected chi connectivity index (χ0v) is 17.6. The van der Waals surface area contributed by atoms with Gasteiger partial charge in [-0.05, 0) is 45.1 Å². The molecule has 0 bridgehead atoms. The summed E-state index contributed by atoms with van der Waals surface area (Å²) in [7, 11) is 4.04. The van der Waals surface area contributed by atoms with E-state index in [1.165, 1.54) is 6.07 Å². The normalized spacial score (nSPS) is 15.7. The van der Waals surface area contributed by atoms with E-state index in [0.717, 1.165) is 31.3 Å². The SMILES string of the molecule is CN1CCC(N(C)c2cc3nc(-c4c(N)c5ccccc5[nH]c4=O)[nH]c3cc2F)CC1. The van der Waals surface area contributed by atoms with Crippen LogP contribution in [0.3, 0.4) is 0 Å². The molecule has 1 aliphatic rings.